The quantitative estimate of drug-likeness (QED) is 0.239. The van der Waals surface area contributed by atoms with Crippen LogP contribution in [0.15, 0.2) is 60.8 Å². The Bertz CT molecular complexity index is 1490. The molecule has 0 bridgehead atoms. The number of nitrogens with zero attached hydrogens (tertiary/aromatic N) is 2. The summed E-state index contributed by atoms with van der Waals surface area (Å²) in [4.78, 5) is 29.1. The summed E-state index contributed by atoms with van der Waals surface area (Å²) in [5, 5.41) is 3.64. The molecule has 0 spiro atoms. The Labute approximate surface area is 223 Å². The number of carbonyl (C=O) groups is 2. The minimum Gasteiger partial charge on any atom is -0.491 e. The first kappa shape index (κ1) is 27.7. The first-order valence-corrected chi connectivity index (χ1v) is 12.4. The van der Waals surface area contributed by atoms with E-state index in [0.29, 0.717) is 39.3 Å². The molecule has 0 aliphatic carbocycles. The topological polar surface area (TPSA) is 82.5 Å². The lowest BCUT2D eigenvalue weighted by molar-refractivity contribution is -0.137. The first-order chi connectivity index (χ1) is 18.5. The summed E-state index contributed by atoms with van der Waals surface area (Å²) in [5.41, 5.74) is 1.83. The highest BCUT2D eigenvalue weighted by Crippen LogP contribution is 2.38. The zero-order chi connectivity index (χ0) is 28.3. The summed E-state index contributed by atoms with van der Waals surface area (Å²) in [6, 6.07) is 14.7. The molecule has 0 atom stereocenters. The number of hydrogen-bond acceptors (Lipinski definition) is 6. The van der Waals surface area contributed by atoms with Gasteiger partial charge in [-0.15, -0.1) is 0 Å². The lowest BCUT2D eigenvalue weighted by Gasteiger charge is -2.14. The molecule has 0 aliphatic heterocycles. The molecule has 0 saturated heterocycles. The summed E-state index contributed by atoms with van der Waals surface area (Å²) >= 11 is 0. The second-order valence-corrected chi connectivity index (χ2v) is 9.16. The Kier molecular flexibility index (Phi) is 7.94. The van der Waals surface area contributed by atoms with E-state index < -0.39 is 17.7 Å². The van der Waals surface area contributed by atoms with Gasteiger partial charge in [0.2, 0.25) is 0 Å². The Balaban J connectivity index is 1.93. The van der Waals surface area contributed by atoms with E-state index in [-0.39, 0.29) is 30.7 Å². The SMILES string of the molecule is CCOC(=O)c1c(NCC(C)=O)c2cc(-c3ccc(C(F)(F)F)cn3)ccc2n1-c1ccc(OC(C)C)cc1. The number of hydrogen-bond donors (Lipinski definition) is 1. The van der Waals surface area contributed by atoms with Crippen LogP contribution in [0, 0.1) is 0 Å². The predicted octanol–water partition coefficient (Wildman–Crippen LogP) is 6.68. The predicted molar refractivity (Wildman–Crippen MR) is 142 cm³/mol. The molecule has 2 aromatic carbocycles. The van der Waals surface area contributed by atoms with Gasteiger partial charge in [-0.1, -0.05) is 6.07 Å². The molecule has 0 fully saturated rings. The van der Waals surface area contributed by atoms with E-state index >= 15 is 0 Å². The third-order valence-corrected chi connectivity index (χ3v) is 5.80. The van der Waals surface area contributed by atoms with Gasteiger partial charge < -0.3 is 19.4 Å². The molecule has 204 valence electrons. The van der Waals surface area contributed by atoms with Gasteiger partial charge in [-0.25, -0.2) is 4.79 Å². The molecule has 0 saturated carbocycles. The Hall–Kier alpha value is -4.34. The van der Waals surface area contributed by atoms with Crippen LogP contribution in [0.1, 0.15) is 43.7 Å². The highest BCUT2D eigenvalue weighted by atomic mass is 19.4. The number of alkyl halides is 3. The van der Waals surface area contributed by atoms with Crippen molar-refractivity contribution in [2.24, 2.45) is 0 Å². The van der Waals surface area contributed by atoms with Gasteiger partial charge >= 0.3 is 12.1 Å². The standard InChI is InChI=1S/C29H28F3N3O4/c1-5-38-28(37)27-26(34-15-18(4)36)23-14-19(24-12-7-20(16-33-24)29(30,31)32)6-13-25(23)35(27)21-8-10-22(11-9-21)39-17(2)3/h6-14,16-17,34H,5,15H2,1-4H3. The second kappa shape index (κ2) is 11.2. The van der Waals surface area contributed by atoms with Crippen molar-refractivity contribution >= 4 is 28.3 Å². The number of halogens is 3. The fourth-order valence-electron chi connectivity index (χ4n) is 4.18. The number of benzene rings is 2. The molecule has 4 aromatic rings. The van der Waals surface area contributed by atoms with Gasteiger partial charge in [-0.05, 0) is 76.2 Å². The lowest BCUT2D eigenvalue weighted by atomic mass is 10.1. The number of pyridine rings is 1. The molecule has 1 N–H and O–H groups in total. The largest absolute Gasteiger partial charge is 0.491 e. The van der Waals surface area contributed by atoms with E-state index in [0.717, 1.165) is 12.3 Å². The Morgan fingerprint density at radius 1 is 1.05 bits per heavy atom. The van der Waals surface area contributed by atoms with E-state index in [4.69, 9.17) is 9.47 Å². The van der Waals surface area contributed by atoms with E-state index in [1.807, 2.05) is 13.8 Å². The summed E-state index contributed by atoms with van der Waals surface area (Å²) < 4.78 is 52.0. The van der Waals surface area contributed by atoms with Crippen molar-refractivity contribution in [3.05, 3.63) is 72.1 Å². The average Bonchev–Trinajstić information content (AvgIpc) is 3.21. The van der Waals surface area contributed by atoms with Gasteiger partial charge in [0.25, 0.3) is 0 Å². The van der Waals surface area contributed by atoms with Gasteiger partial charge in [0, 0.05) is 22.8 Å². The van der Waals surface area contributed by atoms with Gasteiger partial charge in [0.1, 0.15) is 11.5 Å². The number of ketones is 1. The van der Waals surface area contributed by atoms with E-state index in [2.05, 4.69) is 10.3 Å². The van der Waals surface area contributed by atoms with Gasteiger partial charge in [0.15, 0.2) is 5.69 Å². The number of aromatic nitrogens is 2. The van der Waals surface area contributed by atoms with Crippen molar-refractivity contribution in [1.82, 2.24) is 9.55 Å². The highest BCUT2D eigenvalue weighted by molar-refractivity contribution is 6.09. The maximum Gasteiger partial charge on any atom is 0.417 e. The number of esters is 1. The van der Waals surface area contributed by atoms with Crippen LogP contribution in [-0.4, -0.2) is 40.6 Å². The van der Waals surface area contributed by atoms with Crippen molar-refractivity contribution in [1.29, 1.82) is 0 Å². The minimum absolute atomic E-state index is 0.0158. The second-order valence-electron chi connectivity index (χ2n) is 9.16. The zero-order valence-electron chi connectivity index (χ0n) is 21.9. The van der Waals surface area contributed by atoms with Crippen LogP contribution in [0.25, 0.3) is 27.8 Å². The molecule has 0 radical (unpaired) electrons. The number of nitrogens with one attached hydrogen (secondary N) is 1. The zero-order valence-corrected chi connectivity index (χ0v) is 21.9. The number of Topliss-reactive ketones (excluding diaryl/α,β-unsaturated/α-hetero) is 1. The highest BCUT2D eigenvalue weighted by Gasteiger charge is 2.31. The maximum atomic E-state index is 13.3. The first-order valence-electron chi connectivity index (χ1n) is 12.4. The van der Waals surface area contributed by atoms with Gasteiger partial charge in [0.05, 0.1) is 41.7 Å². The van der Waals surface area contributed by atoms with Crippen LogP contribution in [0.2, 0.25) is 0 Å². The maximum absolute atomic E-state index is 13.3. The number of ether oxygens (including phenoxy) is 2. The molecule has 0 unspecified atom stereocenters. The smallest absolute Gasteiger partial charge is 0.417 e. The third-order valence-electron chi connectivity index (χ3n) is 5.80. The average molecular weight is 540 g/mol. The minimum atomic E-state index is -4.50. The van der Waals surface area contributed by atoms with E-state index in [1.54, 1.807) is 54.0 Å². The molecular formula is C29H28F3N3O4. The molecule has 39 heavy (non-hydrogen) atoms. The summed E-state index contributed by atoms with van der Waals surface area (Å²) in [6.07, 6.45) is -3.73. The summed E-state index contributed by atoms with van der Waals surface area (Å²) in [5.74, 6) is -0.0913. The monoisotopic (exact) mass is 539 g/mol. The lowest BCUT2D eigenvalue weighted by Crippen LogP contribution is -2.16. The number of anilines is 1. The van der Waals surface area contributed by atoms with Crippen LogP contribution >= 0.6 is 0 Å². The number of rotatable bonds is 9. The summed E-state index contributed by atoms with van der Waals surface area (Å²) in [6.45, 7) is 7.04. The van der Waals surface area contributed by atoms with E-state index in [1.165, 1.54) is 13.0 Å². The van der Waals surface area contributed by atoms with Crippen molar-refractivity contribution in [3.8, 4) is 22.7 Å². The third kappa shape index (κ3) is 6.05. The summed E-state index contributed by atoms with van der Waals surface area (Å²) in [7, 11) is 0. The normalized spacial score (nSPS) is 11.6. The Morgan fingerprint density at radius 3 is 2.33 bits per heavy atom. The van der Waals surface area contributed by atoms with Crippen molar-refractivity contribution < 1.29 is 32.2 Å². The van der Waals surface area contributed by atoms with Crippen molar-refractivity contribution in [2.75, 3.05) is 18.5 Å². The van der Waals surface area contributed by atoms with Crippen LogP contribution in [0.4, 0.5) is 18.9 Å². The van der Waals surface area contributed by atoms with E-state index in [9.17, 15) is 22.8 Å². The molecule has 7 nitrogen and oxygen atoms in total. The van der Waals surface area contributed by atoms with Crippen LogP contribution in [0.3, 0.4) is 0 Å². The molecule has 0 amide bonds. The number of fused-ring (bicyclic) bond motifs is 1. The fourth-order valence-corrected chi connectivity index (χ4v) is 4.18. The van der Waals surface area contributed by atoms with Crippen LogP contribution in [-0.2, 0) is 15.7 Å². The molecule has 2 aromatic heterocycles. The fraction of sp³-hybridized carbons (Fsp3) is 0.276. The molecule has 10 heteroatoms. The Morgan fingerprint density at radius 2 is 1.77 bits per heavy atom. The van der Waals surface area contributed by atoms with Gasteiger partial charge in [-0.2, -0.15) is 13.2 Å². The van der Waals surface area contributed by atoms with Crippen molar-refractivity contribution in [2.45, 2.75) is 40.0 Å². The van der Waals surface area contributed by atoms with Gasteiger partial charge in [-0.3, -0.25) is 9.78 Å². The van der Waals surface area contributed by atoms with Crippen LogP contribution in [0.5, 0.6) is 5.75 Å². The molecular weight excluding hydrogens is 511 g/mol. The number of carbonyl (C=O) groups excluding carboxylic acids is 2. The van der Waals surface area contributed by atoms with Crippen molar-refractivity contribution in [3.63, 3.8) is 0 Å². The molecule has 0 aliphatic rings. The van der Waals surface area contributed by atoms with Crippen LogP contribution < -0.4 is 10.1 Å². The molecule has 2 heterocycles. The molecule has 4 rings (SSSR count).